The minimum absolute atomic E-state index is 0.0168. The molecule has 0 saturated heterocycles. The molecule has 0 aliphatic rings. The Morgan fingerprint density at radius 1 is 1.28 bits per heavy atom. The number of sulfone groups is 1. The van der Waals surface area contributed by atoms with Crippen LogP contribution in [0.3, 0.4) is 0 Å². The number of guanidine groups is 1. The topological polar surface area (TPSA) is 79.8 Å². The molecule has 0 aliphatic carbocycles. The van der Waals surface area contributed by atoms with Crippen LogP contribution in [-0.4, -0.2) is 45.1 Å². The fraction of sp³-hybridized carbons (Fsp3) is 0.611. The fourth-order valence-corrected chi connectivity index (χ4v) is 2.96. The first-order valence-corrected chi connectivity index (χ1v) is 10.7. The van der Waals surface area contributed by atoms with Crippen LogP contribution in [-0.2, 0) is 16.4 Å². The molecule has 6 nitrogen and oxygen atoms in total. The van der Waals surface area contributed by atoms with Gasteiger partial charge in [0.25, 0.3) is 0 Å². The highest BCUT2D eigenvalue weighted by atomic mass is 32.2. The summed E-state index contributed by atoms with van der Waals surface area (Å²) in [5, 5.41) is 6.44. The van der Waals surface area contributed by atoms with Gasteiger partial charge < -0.3 is 15.4 Å². The standard InChI is InChI=1S/C18H31N3O3S/c1-6-19-18(21-15(4)10-11-25(5,22)23)20-13-16-8-7-9-17(12-16)24-14(2)3/h7-9,12,14-15H,6,10-11,13H2,1-5H3,(H2,19,20,21). The number of hydrogen-bond acceptors (Lipinski definition) is 4. The largest absolute Gasteiger partial charge is 0.491 e. The minimum Gasteiger partial charge on any atom is -0.491 e. The highest BCUT2D eigenvalue weighted by molar-refractivity contribution is 7.90. The fourth-order valence-electron chi connectivity index (χ4n) is 2.18. The lowest BCUT2D eigenvalue weighted by Gasteiger charge is -2.17. The van der Waals surface area contributed by atoms with Crippen LogP contribution in [0.15, 0.2) is 29.3 Å². The summed E-state index contributed by atoms with van der Waals surface area (Å²) in [6.07, 6.45) is 1.93. The zero-order valence-corrected chi connectivity index (χ0v) is 16.7. The highest BCUT2D eigenvalue weighted by Gasteiger charge is 2.09. The number of nitrogens with zero attached hydrogens (tertiary/aromatic N) is 1. The van der Waals surface area contributed by atoms with E-state index >= 15 is 0 Å². The highest BCUT2D eigenvalue weighted by Crippen LogP contribution is 2.15. The normalized spacial score (nSPS) is 13.6. The van der Waals surface area contributed by atoms with E-state index in [9.17, 15) is 8.42 Å². The third-order valence-electron chi connectivity index (χ3n) is 3.34. The molecule has 0 spiro atoms. The Morgan fingerprint density at radius 2 is 2.00 bits per heavy atom. The van der Waals surface area contributed by atoms with Crippen molar-refractivity contribution in [2.45, 2.75) is 52.8 Å². The number of benzene rings is 1. The van der Waals surface area contributed by atoms with Crippen LogP contribution in [0.1, 0.15) is 39.7 Å². The van der Waals surface area contributed by atoms with Crippen molar-refractivity contribution in [3.8, 4) is 5.75 Å². The Bertz CT molecular complexity index is 657. The Kier molecular flexibility index (Phi) is 8.75. The molecule has 0 amide bonds. The molecule has 0 bridgehead atoms. The number of hydrogen-bond donors (Lipinski definition) is 2. The van der Waals surface area contributed by atoms with E-state index in [2.05, 4.69) is 15.6 Å². The van der Waals surface area contributed by atoms with E-state index in [0.717, 1.165) is 17.9 Å². The molecule has 0 radical (unpaired) electrons. The first-order valence-electron chi connectivity index (χ1n) is 8.67. The molecular formula is C18H31N3O3S. The second-order valence-electron chi connectivity index (χ2n) is 6.47. The molecule has 1 rings (SSSR count). The van der Waals surface area contributed by atoms with E-state index in [4.69, 9.17) is 4.74 Å². The van der Waals surface area contributed by atoms with Crippen LogP contribution in [0.25, 0.3) is 0 Å². The number of ether oxygens (including phenoxy) is 1. The molecule has 0 saturated carbocycles. The average Bonchev–Trinajstić information content (AvgIpc) is 2.50. The van der Waals surface area contributed by atoms with Crippen molar-refractivity contribution in [1.29, 1.82) is 0 Å². The minimum atomic E-state index is -2.95. The molecule has 0 aromatic heterocycles. The van der Waals surface area contributed by atoms with Gasteiger partial charge >= 0.3 is 0 Å². The summed E-state index contributed by atoms with van der Waals surface area (Å²) in [5.41, 5.74) is 1.05. The Hall–Kier alpha value is -1.76. The van der Waals surface area contributed by atoms with Crippen LogP contribution in [0.4, 0.5) is 0 Å². The second kappa shape index (κ2) is 10.3. The van der Waals surface area contributed by atoms with Crippen LogP contribution in [0, 0.1) is 0 Å². The van der Waals surface area contributed by atoms with E-state index < -0.39 is 9.84 Å². The van der Waals surface area contributed by atoms with Gasteiger partial charge in [-0.15, -0.1) is 0 Å². The van der Waals surface area contributed by atoms with E-state index in [-0.39, 0.29) is 17.9 Å². The summed E-state index contributed by atoms with van der Waals surface area (Å²) in [6, 6.07) is 7.90. The van der Waals surface area contributed by atoms with E-state index in [1.165, 1.54) is 6.26 Å². The molecule has 142 valence electrons. The first kappa shape index (κ1) is 21.3. The summed E-state index contributed by atoms with van der Waals surface area (Å²) in [6.45, 7) is 9.20. The Balaban J connectivity index is 2.68. The SMILES string of the molecule is CCNC(=NCc1cccc(OC(C)C)c1)NC(C)CCS(C)(=O)=O. The lowest BCUT2D eigenvalue weighted by atomic mass is 10.2. The van der Waals surface area contributed by atoms with Crippen LogP contribution in [0.2, 0.25) is 0 Å². The maximum absolute atomic E-state index is 11.3. The van der Waals surface area contributed by atoms with Gasteiger partial charge in [-0.2, -0.15) is 0 Å². The molecule has 2 N–H and O–H groups in total. The molecule has 1 aromatic rings. The van der Waals surface area contributed by atoms with Gasteiger partial charge in [0.15, 0.2) is 5.96 Å². The molecule has 1 atom stereocenters. The molecule has 1 unspecified atom stereocenters. The lowest BCUT2D eigenvalue weighted by molar-refractivity contribution is 0.242. The monoisotopic (exact) mass is 369 g/mol. The predicted octanol–water partition coefficient (Wildman–Crippen LogP) is 2.35. The molecule has 7 heteroatoms. The maximum Gasteiger partial charge on any atom is 0.191 e. The van der Waals surface area contributed by atoms with Crippen molar-refractivity contribution in [3.05, 3.63) is 29.8 Å². The number of nitrogens with one attached hydrogen (secondary N) is 2. The zero-order valence-electron chi connectivity index (χ0n) is 15.9. The van der Waals surface area contributed by atoms with Gasteiger partial charge in [0.2, 0.25) is 0 Å². The van der Waals surface area contributed by atoms with Gasteiger partial charge in [0.05, 0.1) is 18.4 Å². The quantitative estimate of drug-likeness (QED) is 0.516. The van der Waals surface area contributed by atoms with E-state index in [1.54, 1.807) is 0 Å². The molecular weight excluding hydrogens is 338 g/mol. The van der Waals surface area contributed by atoms with Crippen molar-refractivity contribution >= 4 is 15.8 Å². The van der Waals surface area contributed by atoms with Crippen molar-refractivity contribution < 1.29 is 13.2 Å². The van der Waals surface area contributed by atoms with E-state index in [1.807, 2.05) is 52.0 Å². The molecule has 25 heavy (non-hydrogen) atoms. The van der Waals surface area contributed by atoms with Crippen molar-refractivity contribution in [2.24, 2.45) is 4.99 Å². The summed E-state index contributed by atoms with van der Waals surface area (Å²) >= 11 is 0. The van der Waals surface area contributed by atoms with Crippen LogP contribution < -0.4 is 15.4 Å². The third-order valence-corrected chi connectivity index (χ3v) is 4.32. The summed E-state index contributed by atoms with van der Waals surface area (Å²) in [5.74, 6) is 1.68. The Morgan fingerprint density at radius 3 is 2.60 bits per heavy atom. The number of aliphatic imine (C=N–C) groups is 1. The van der Waals surface area contributed by atoms with Crippen molar-refractivity contribution in [2.75, 3.05) is 18.6 Å². The van der Waals surface area contributed by atoms with Gasteiger partial charge in [-0.25, -0.2) is 13.4 Å². The molecule has 0 aliphatic heterocycles. The van der Waals surface area contributed by atoms with Gasteiger partial charge in [-0.1, -0.05) is 12.1 Å². The molecule has 0 heterocycles. The van der Waals surface area contributed by atoms with Crippen LogP contribution >= 0.6 is 0 Å². The zero-order chi connectivity index (χ0) is 18.9. The Labute approximate surface area is 152 Å². The summed E-state index contributed by atoms with van der Waals surface area (Å²) < 4.78 is 28.3. The first-order chi connectivity index (χ1) is 11.7. The third kappa shape index (κ3) is 9.96. The maximum atomic E-state index is 11.3. The van der Waals surface area contributed by atoms with E-state index in [0.29, 0.717) is 18.9 Å². The van der Waals surface area contributed by atoms with Gasteiger partial charge in [-0.05, 0) is 51.8 Å². The molecule has 1 aromatic carbocycles. The number of rotatable bonds is 9. The lowest BCUT2D eigenvalue weighted by Crippen LogP contribution is -2.42. The van der Waals surface area contributed by atoms with Crippen molar-refractivity contribution in [3.63, 3.8) is 0 Å². The molecule has 0 fully saturated rings. The van der Waals surface area contributed by atoms with Crippen molar-refractivity contribution in [1.82, 2.24) is 10.6 Å². The average molecular weight is 370 g/mol. The van der Waals surface area contributed by atoms with Crippen LogP contribution in [0.5, 0.6) is 5.75 Å². The smallest absolute Gasteiger partial charge is 0.191 e. The second-order valence-corrected chi connectivity index (χ2v) is 8.73. The van der Waals surface area contributed by atoms with Gasteiger partial charge in [0, 0.05) is 18.8 Å². The van der Waals surface area contributed by atoms with Gasteiger partial charge in [-0.3, -0.25) is 0 Å². The summed E-state index contributed by atoms with van der Waals surface area (Å²) in [7, 11) is -2.95. The summed E-state index contributed by atoms with van der Waals surface area (Å²) in [4.78, 5) is 4.58. The predicted molar refractivity (Wildman–Crippen MR) is 104 cm³/mol. The van der Waals surface area contributed by atoms with Gasteiger partial charge in [0.1, 0.15) is 15.6 Å².